The number of nitrogens with zero attached hydrogens (tertiary/aromatic N) is 2. The van der Waals surface area contributed by atoms with Crippen molar-refractivity contribution in [1.29, 1.82) is 0 Å². The number of hydrogen-bond donors (Lipinski definition) is 3. The fraction of sp³-hybridized carbons (Fsp3) is 0.300. The van der Waals surface area contributed by atoms with Gasteiger partial charge in [-0.2, -0.15) is 0 Å². The van der Waals surface area contributed by atoms with Gasteiger partial charge in [-0.25, -0.2) is 9.18 Å². The van der Waals surface area contributed by atoms with E-state index in [1.165, 1.54) is 12.1 Å². The van der Waals surface area contributed by atoms with Crippen molar-refractivity contribution in [3.05, 3.63) is 93.8 Å². The Morgan fingerprint density at radius 2 is 1.64 bits per heavy atom. The second kappa shape index (κ2) is 10.4. The van der Waals surface area contributed by atoms with Gasteiger partial charge >= 0.3 is 6.03 Å². The molecule has 4 amide bonds. The topological polar surface area (TPSA) is 93.8 Å². The summed E-state index contributed by atoms with van der Waals surface area (Å²) in [7, 11) is 3.46. The Balaban J connectivity index is 1.55. The quantitative estimate of drug-likeness (QED) is 0.446. The summed E-state index contributed by atoms with van der Waals surface area (Å²) in [5.41, 5.74) is 5.24. The van der Waals surface area contributed by atoms with Crippen LogP contribution in [0.4, 0.5) is 20.6 Å². The summed E-state index contributed by atoms with van der Waals surface area (Å²) in [5, 5.41) is 8.74. The molecule has 39 heavy (non-hydrogen) atoms. The summed E-state index contributed by atoms with van der Waals surface area (Å²) in [6.45, 7) is 5.04. The predicted molar refractivity (Wildman–Crippen MR) is 148 cm³/mol. The summed E-state index contributed by atoms with van der Waals surface area (Å²) in [6, 6.07) is 14.9. The zero-order chi connectivity index (χ0) is 27.8. The zero-order valence-electron chi connectivity index (χ0n) is 22.5. The van der Waals surface area contributed by atoms with E-state index in [0.717, 1.165) is 16.7 Å². The number of carbonyl (C=O) groups excluding carboxylic acids is 3. The molecule has 0 aliphatic carbocycles. The minimum Gasteiger partial charge on any atom is -0.368 e. The minimum absolute atomic E-state index is 0.0359. The summed E-state index contributed by atoms with van der Waals surface area (Å²) >= 11 is 0. The second-order valence-electron chi connectivity index (χ2n) is 10.5. The summed E-state index contributed by atoms with van der Waals surface area (Å²) in [6.07, 6.45) is 0. The maximum absolute atomic E-state index is 15.1. The zero-order valence-corrected chi connectivity index (χ0v) is 22.5. The van der Waals surface area contributed by atoms with Gasteiger partial charge in [-0.05, 0) is 64.9 Å². The standard InChI is InChI=1S/C30H32FN5O3/c1-17-5-10-23-11-22(17)16-35(3)29(38)27(34-26-13-24-21(12-25(26)31)14-32-28(24)37)20-8-6-19(7-9-20)18(2)15-36(4)30(39)33-23/h5-13,18,27,34H,14-16H2,1-4H3,(H,32,37)(H,33,39)/t18-,27+/m0/s1. The second-order valence-corrected chi connectivity index (χ2v) is 10.5. The number of hydrogen-bond acceptors (Lipinski definition) is 4. The molecule has 6 rings (SSSR count). The lowest BCUT2D eigenvalue weighted by Gasteiger charge is -2.28. The number of aryl methyl sites for hydroxylation is 1. The van der Waals surface area contributed by atoms with E-state index in [4.69, 9.17) is 0 Å². The molecule has 0 saturated heterocycles. The van der Waals surface area contributed by atoms with E-state index >= 15 is 4.39 Å². The van der Waals surface area contributed by atoms with Gasteiger partial charge in [0.25, 0.3) is 5.91 Å². The van der Waals surface area contributed by atoms with E-state index in [1.54, 1.807) is 23.9 Å². The smallest absolute Gasteiger partial charge is 0.321 e. The van der Waals surface area contributed by atoms with Gasteiger partial charge in [-0.3, -0.25) is 9.59 Å². The van der Waals surface area contributed by atoms with E-state index in [9.17, 15) is 14.4 Å². The molecule has 0 fully saturated rings. The first kappa shape index (κ1) is 26.2. The van der Waals surface area contributed by atoms with Crippen molar-refractivity contribution >= 4 is 29.2 Å². The molecule has 0 radical (unpaired) electrons. The van der Waals surface area contributed by atoms with Crippen LogP contribution in [0.3, 0.4) is 0 Å². The van der Waals surface area contributed by atoms with Crippen LogP contribution in [-0.2, 0) is 17.9 Å². The molecule has 4 bridgehead atoms. The van der Waals surface area contributed by atoms with Gasteiger partial charge < -0.3 is 25.8 Å². The van der Waals surface area contributed by atoms with Gasteiger partial charge in [-0.15, -0.1) is 0 Å². The maximum Gasteiger partial charge on any atom is 0.321 e. The predicted octanol–water partition coefficient (Wildman–Crippen LogP) is 4.77. The number of urea groups is 1. The van der Waals surface area contributed by atoms with E-state index in [2.05, 4.69) is 16.0 Å². The van der Waals surface area contributed by atoms with E-state index in [-0.39, 0.29) is 42.5 Å². The van der Waals surface area contributed by atoms with Crippen molar-refractivity contribution in [2.24, 2.45) is 0 Å². The molecule has 9 heteroatoms. The van der Waals surface area contributed by atoms with Crippen molar-refractivity contribution in [3.63, 3.8) is 0 Å². The Hall–Kier alpha value is -4.40. The summed E-state index contributed by atoms with van der Waals surface area (Å²) < 4.78 is 15.1. The SMILES string of the molecule is Cc1ccc2cc1CN(C)C(=O)[C@H](Nc1cc3c(cc1F)CNC3=O)c1ccc(cc1)[C@@H](C)CN(C)C(=O)N2. The Bertz CT molecular complexity index is 1460. The van der Waals surface area contributed by atoms with Crippen LogP contribution in [0.2, 0.25) is 0 Å². The Morgan fingerprint density at radius 3 is 2.38 bits per heavy atom. The van der Waals surface area contributed by atoms with Crippen LogP contribution in [0.15, 0.2) is 54.6 Å². The van der Waals surface area contributed by atoms with Crippen LogP contribution in [0.25, 0.3) is 0 Å². The highest BCUT2D eigenvalue weighted by molar-refractivity contribution is 5.99. The number of likely N-dealkylation sites (N-methyl/N-ethyl adjacent to an activating group) is 2. The van der Waals surface area contributed by atoms with Crippen molar-refractivity contribution < 1.29 is 18.8 Å². The van der Waals surface area contributed by atoms with Crippen molar-refractivity contribution in [2.75, 3.05) is 31.3 Å². The molecule has 0 aromatic heterocycles. The number of anilines is 2. The Kier molecular flexibility index (Phi) is 6.99. The lowest BCUT2D eigenvalue weighted by Crippen LogP contribution is -2.36. The molecule has 3 aliphatic heterocycles. The van der Waals surface area contributed by atoms with E-state index < -0.39 is 11.9 Å². The molecule has 3 aromatic rings. The molecule has 3 heterocycles. The minimum atomic E-state index is -0.893. The van der Waals surface area contributed by atoms with E-state index in [1.807, 2.05) is 56.3 Å². The third-order valence-corrected chi connectivity index (χ3v) is 7.54. The average molecular weight is 530 g/mol. The Morgan fingerprint density at radius 1 is 0.923 bits per heavy atom. The Labute approximate surface area is 227 Å². The molecule has 0 saturated carbocycles. The van der Waals surface area contributed by atoms with E-state index in [0.29, 0.717) is 28.9 Å². The maximum atomic E-state index is 15.1. The first-order valence-electron chi connectivity index (χ1n) is 12.9. The van der Waals surface area contributed by atoms with Crippen molar-refractivity contribution in [3.8, 4) is 0 Å². The fourth-order valence-corrected chi connectivity index (χ4v) is 5.10. The highest BCUT2D eigenvalue weighted by atomic mass is 19.1. The van der Waals surface area contributed by atoms with Gasteiger partial charge in [0, 0.05) is 45.0 Å². The first-order chi connectivity index (χ1) is 18.6. The van der Waals surface area contributed by atoms with Gasteiger partial charge in [0.1, 0.15) is 11.9 Å². The molecule has 3 aliphatic rings. The molecule has 202 valence electrons. The largest absolute Gasteiger partial charge is 0.368 e. The average Bonchev–Trinajstić information content (AvgIpc) is 3.27. The highest BCUT2D eigenvalue weighted by Gasteiger charge is 2.28. The first-order valence-corrected chi connectivity index (χ1v) is 12.9. The molecule has 8 nitrogen and oxygen atoms in total. The number of rotatable bonds is 2. The van der Waals surface area contributed by atoms with Crippen LogP contribution in [0.1, 0.15) is 57.1 Å². The van der Waals surface area contributed by atoms with Crippen LogP contribution >= 0.6 is 0 Å². The third-order valence-electron chi connectivity index (χ3n) is 7.54. The summed E-state index contributed by atoms with van der Waals surface area (Å²) in [4.78, 5) is 42.2. The molecule has 0 spiro atoms. The summed E-state index contributed by atoms with van der Waals surface area (Å²) in [5.74, 6) is -1.02. The molecule has 3 N–H and O–H groups in total. The van der Waals surface area contributed by atoms with Crippen LogP contribution in [0.5, 0.6) is 0 Å². The highest BCUT2D eigenvalue weighted by Crippen LogP contribution is 2.30. The third kappa shape index (κ3) is 5.30. The number of fused-ring (bicyclic) bond motifs is 10. The normalized spacial score (nSPS) is 19.6. The van der Waals surface area contributed by atoms with Crippen LogP contribution in [0, 0.1) is 12.7 Å². The van der Waals surface area contributed by atoms with Gasteiger partial charge in [0.05, 0.1) is 5.69 Å². The van der Waals surface area contributed by atoms with Crippen LogP contribution < -0.4 is 16.0 Å². The lowest BCUT2D eigenvalue weighted by molar-refractivity contribution is -0.131. The van der Waals surface area contributed by atoms with Crippen LogP contribution in [-0.4, -0.2) is 48.3 Å². The van der Waals surface area contributed by atoms with Crippen molar-refractivity contribution in [1.82, 2.24) is 15.1 Å². The molecular weight excluding hydrogens is 497 g/mol. The van der Waals surface area contributed by atoms with Gasteiger partial charge in [0.2, 0.25) is 5.91 Å². The molecular formula is C30H32FN5O3. The van der Waals surface area contributed by atoms with Gasteiger partial charge in [0.15, 0.2) is 0 Å². The fourth-order valence-electron chi connectivity index (χ4n) is 5.10. The number of carbonyl (C=O) groups is 3. The lowest BCUT2D eigenvalue weighted by atomic mass is 9.96. The molecule has 2 atom stereocenters. The molecule has 0 unspecified atom stereocenters. The number of benzene rings is 3. The van der Waals surface area contributed by atoms with Gasteiger partial charge in [-0.1, -0.05) is 37.3 Å². The number of halogens is 1. The van der Waals surface area contributed by atoms with Crippen molar-refractivity contribution in [2.45, 2.75) is 38.9 Å². The molecule has 3 aromatic carbocycles. The monoisotopic (exact) mass is 529 g/mol. The number of nitrogens with one attached hydrogen (secondary N) is 3. The number of amides is 4.